The molecule has 2 aliphatic carbocycles. The maximum Gasteiger partial charge on any atom is 0.237 e. The van der Waals surface area contributed by atoms with Crippen LogP contribution in [0.4, 0.5) is 0 Å². The van der Waals surface area contributed by atoms with Crippen molar-refractivity contribution in [3.63, 3.8) is 0 Å². The molecule has 5 heteroatoms. The van der Waals surface area contributed by atoms with Crippen molar-refractivity contribution in [1.29, 1.82) is 0 Å². The molecule has 3 fully saturated rings. The Balaban J connectivity index is 1.92. The molecular weight excluding hydrogens is 292 g/mol. The zero-order valence-electron chi connectivity index (χ0n) is 14.9. The van der Waals surface area contributed by atoms with Crippen molar-refractivity contribution in [1.82, 2.24) is 9.80 Å². The van der Waals surface area contributed by atoms with Crippen molar-refractivity contribution in [2.75, 3.05) is 27.2 Å². The van der Waals surface area contributed by atoms with Crippen LogP contribution in [0, 0.1) is 16.2 Å². The largest absolute Gasteiger partial charge is 0.342 e. The average molecular weight is 320 g/mol. The molecule has 3 aliphatic rings. The molecule has 0 N–H and O–H groups in total. The lowest BCUT2D eigenvalue weighted by atomic mass is 9.64. The summed E-state index contributed by atoms with van der Waals surface area (Å²) in [6.07, 6.45) is 3.00. The Morgan fingerprint density at radius 2 is 1.65 bits per heavy atom. The van der Waals surface area contributed by atoms with Gasteiger partial charge in [0.15, 0.2) is 0 Å². The van der Waals surface area contributed by atoms with E-state index in [4.69, 9.17) is 0 Å². The van der Waals surface area contributed by atoms with Crippen LogP contribution in [0.25, 0.3) is 0 Å². The number of ketones is 2. The first-order valence-corrected chi connectivity index (χ1v) is 8.64. The molecule has 0 radical (unpaired) electrons. The van der Waals surface area contributed by atoms with Gasteiger partial charge in [-0.15, -0.1) is 0 Å². The van der Waals surface area contributed by atoms with Crippen LogP contribution in [0.15, 0.2) is 0 Å². The third kappa shape index (κ3) is 1.80. The second-order valence-electron chi connectivity index (χ2n) is 8.47. The highest BCUT2D eigenvalue weighted by atomic mass is 16.2. The number of fused-ring (bicyclic) bond motifs is 2. The van der Waals surface area contributed by atoms with Crippen LogP contribution in [0.3, 0.4) is 0 Å². The maximum absolute atomic E-state index is 13.4. The minimum Gasteiger partial charge on any atom is -0.342 e. The van der Waals surface area contributed by atoms with Crippen molar-refractivity contribution in [2.45, 2.75) is 52.5 Å². The summed E-state index contributed by atoms with van der Waals surface area (Å²) in [4.78, 5) is 42.7. The molecule has 1 saturated heterocycles. The van der Waals surface area contributed by atoms with Crippen molar-refractivity contribution >= 4 is 17.5 Å². The topological polar surface area (TPSA) is 57.7 Å². The fourth-order valence-corrected chi connectivity index (χ4v) is 5.09. The number of likely N-dealkylation sites (tertiary alicyclic amines) is 1. The van der Waals surface area contributed by atoms with Crippen molar-refractivity contribution < 1.29 is 14.4 Å². The highest BCUT2D eigenvalue weighted by Gasteiger charge is 2.78. The first-order chi connectivity index (χ1) is 10.6. The van der Waals surface area contributed by atoms with Crippen LogP contribution in [0.2, 0.25) is 0 Å². The number of hydrogen-bond donors (Lipinski definition) is 0. The zero-order valence-corrected chi connectivity index (χ0v) is 14.9. The minimum absolute atomic E-state index is 0.128. The molecule has 5 nitrogen and oxygen atoms in total. The highest BCUT2D eigenvalue weighted by Crippen LogP contribution is 2.69. The maximum atomic E-state index is 13.4. The average Bonchev–Trinajstić information content (AvgIpc) is 2.79. The van der Waals surface area contributed by atoms with E-state index in [9.17, 15) is 14.4 Å². The van der Waals surface area contributed by atoms with E-state index in [0.717, 1.165) is 25.9 Å². The third-order valence-electron chi connectivity index (χ3n) is 7.46. The summed E-state index contributed by atoms with van der Waals surface area (Å²) in [5.74, 6) is -0.906. The molecule has 128 valence electrons. The summed E-state index contributed by atoms with van der Waals surface area (Å²) >= 11 is 0. The molecule has 3 rings (SSSR count). The summed E-state index contributed by atoms with van der Waals surface area (Å²) in [7, 11) is 3.90. The third-order valence-corrected chi connectivity index (χ3v) is 7.46. The summed E-state index contributed by atoms with van der Waals surface area (Å²) in [6, 6.07) is 0.166. The van der Waals surface area contributed by atoms with E-state index in [1.165, 1.54) is 0 Å². The zero-order chi connectivity index (χ0) is 17.2. The van der Waals surface area contributed by atoms with Gasteiger partial charge in [0.25, 0.3) is 0 Å². The van der Waals surface area contributed by atoms with Gasteiger partial charge in [0.05, 0.1) is 0 Å². The van der Waals surface area contributed by atoms with E-state index in [2.05, 4.69) is 11.9 Å². The Bertz CT molecular complexity index is 577. The molecule has 2 saturated carbocycles. The lowest BCUT2D eigenvalue weighted by Crippen LogP contribution is -2.55. The minimum atomic E-state index is -1.14. The molecular formula is C18H28N2O3. The van der Waals surface area contributed by atoms with Crippen molar-refractivity contribution in [3.05, 3.63) is 0 Å². The van der Waals surface area contributed by atoms with Crippen LogP contribution in [0.1, 0.15) is 46.5 Å². The molecule has 1 heterocycles. The van der Waals surface area contributed by atoms with Crippen molar-refractivity contribution in [3.8, 4) is 0 Å². The number of nitrogens with zero attached hydrogens (tertiary/aromatic N) is 2. The molecule has 2 unspecified atom stereocenters. The molecule has 1 aliphatic heterocycles. The number of rotatable bonds is 2. The lowest BCUT2D eigenvalue weighted by molar-refractivity contribution is -0.156. The first-order valence-electron chi connectivity index (χ1n) is 8.64. The van der Waals surface area contributed by atoms with Crippen LogP contribution in [-0.2, 0) is 14.4 Å². The molecule has 2 bridgehead atoms. The second-order valence-corrected chi connectivity index (χ2v) is 8.47. The molecule has 1 amide bonds. The molecule has 23 heavy (non-hydrogen) atoms. The van der Waals surface area contributed by atoms with E-state index in [1.54, 1.807) is 4.90 Å². The van der Waals surface area contributed by atoms with E-state index < -0.39 is 22.0 Å². The summed E-state index contributed by atoms with van der Waals surface area (Å²) < 4.78 is 0. The van der Waals surface area contributed by atoms with Crippen LogP contribution in [0.5, 0.6) is 0 Å². The van der Waals surface area contributed by atoms with Crippen LogP contribution >= 0.6 is 0 Å². The Morgan fingerprint density at radius 3 is 2.13 bits per heavy atom. The predicted molar refractivity (Wildman–Crippen MR) is 86.9 cm³/mol. The molecule has 0 aromatic carbocycles. The Labute approximate surface area is 138 Å². The standard InChI is InChI=1S/C18H28N2O3/c1-16(2)17(3)8-9-18(16,14(22)13(17)21)15(23)20(5)12-6-10-19(4)11-7-12/h12H,6-11H2,1-5H3. The van der Waals surface area contributed by atoms with Gasteiger partial charge < -0.3 is 9.80 Å². The SMILES string of the molecule is CN1CCC(N(C)C(=O)C23CCC(C)(C(=O)C2=O)C3(C)C)CC1. The van der Waals surface area contributed by atoms with Gasteiger partial charge in [-0.3, -0.25) is 14.4 Å². The van der Waals surface area contributed by atoms with E-state index in [-0.39, 0.29) is 17.7 Å². The van der Waals surface area contributed by atoms with Crippen LogP contribution < -0.4 is 0 Å². The number of carbonyl (C=O) groups excluding carboxylic acids is 3. The normalized spacial score (nSPS) is 37.4. The van der Waals surface area contributed by atoms with Gasteiger partial charge in [-0.2, -0.15) is 0 Å². The monoisotopic (exact) mass is 320 g/mol. The molecule has 0 aromatic heterocycles. The quantitative estimate of drug-likeness (QED) is 0.571. The number of piperidine rings is 1. The Morgan fingerprint density at radius 1 is 1.09 bits per heavy atom. The van der Waals surface area contributed by atoms with Gasteiger partial charge in [0.2, 0.25) is 17.5 Å². The first kappa shape index (κ1) is 16.6. The van der Waals surface area contributed by atoms with Gasteiger partial charge in [0.1, 0.15) is 5.41 Å². The highest BCUT2D eigenvalue weighted by molar-refractivity contribution is 6.48. The van der Waals surface area contributed by atoms with Gasteiger partial charge >= 0.3 is 0 Å². The predicted octanol–water partition coefficient (Wildman–Crippen LogP) is 1.50. The Hall–Kier alpha value is -1.23. The fourth-order valence-electron chi connectivity index (χ4n) is 5.09. The summed E-state index contributed by atoms with van der Waals surface area (Å²) in [5.41, 5.74) is -2.44. The lowest BCUT2D eigenvalue weighted by Gasteiger charge is -2.42. The number of hydrogen-bond acceptors (Lipinski definition) is 4. The smallest absolute Gasteiger partial charge is 0.237 e. The van der Waals surface area contributed by atoms with Gasteiger partial charge in [-0.25, -0.2) is 0 Å². The van der Waals surface area contributed by atoms with E-state index in [0.29, 0.717) is 12.8 Å². The van der Waals surface area contributed by atoms with Crippen LogP contribution in [-0.4, -0.2) is 60.5 Å². The number of carbonyl (C=O) groups is 3. The summed E-state index contributed by atoms with van der Waals surface area (Å²) in [5, 5.41) is 0. The van der Waals surface area contributed by atoms with Crippen molar-refractivity contribution in [2.24, 2.45) is 16.2 Å². The Kier molecular flexibility index (Phi) is 3.53. The molecule has 0 spiro atoms. The molecule has 2 atom stereocenters. The van der Waals surface area contributed by atoms with E-state index in [1.807, 2.05) is 27.8 Å². The summed E-state index contributed by atoms with van der Waals surface area (Å²) in [6.45, 7) is 7.66. The number of Topliss-reactive ketones (excluding diaryl/α,β-unsaturated/α-hetero) is 2. The second kappa shape index (κ2) is 4.88. The fraction of sp³-hybridized carbons (Fsp3) is 0.833. The van der Waals surface area contributed by atoms with E-state index >= 15 is 0 Å². The van der Waals surface area contributed by atoms with Gasteiger partial charge in [-0.1, -0.05) is 20.8 Å². The number of amides is 1. The molecule has 0 aromatic rings. The van der Waals surface area contributed by atoms with Gasteiger partial charge in [-0.05, 0) is 51.2 Å². The van der Waals surface area contributed by atoms with Gasteiger partial charge in [0, 0.05) is 18.5 Å².